The van der Waals surface area contributed by atoms with E-state index in [0.717, 1.165) is 0 Å². The highest BCUT2D eigenvalue weighted by atomic mass is 14.2. The molecule has 0 radical (unpaired) electrons. The van der Waals surface area contributed by atoms with E-state index in [1.54, 1.807) is 0 Å². The number of terminal acetylenes is 1. The third kappa shape index (κ3) is 0.357. The molecule has 0 nitrogen and oxygen atoms in total. The van der Waals surface area contributed by atoms with E-state index in [9.17, 15) is 0 Å². The third-order valence-electron chi connectivity index (χ3n) is 0.704. The van der Waals surface area contributed by atoms with Crippen LogP contribution in [0.2, 0.25) is 0 Å². The van der Waals surface area contributed by atoms with E-state index in [1.165, 1.54) is 18.8 Å². The van der Waals surface area contributed by atoms with Crippen molar-refractivity contribution in [3.8, 4) is 12.3 Å². The van der Waals surface area contributed by atoms with E-state index < -0.39 is 0 Å². The molecule has 0 aromatic rings. The molecule has 1 aliphatic rings. The average molecular weight is 65.1 g/mol. The Hall–Kier alpha value is -0.570. The average Bonchev–Trinajstić information content (AvgIpc) is 2.12. The standard InChI is InChI=1S/C5H5/c1-2-5-3-4-5/h1H,3-4H2/q+1. The van der Waals surface area contributed by atoms with Crippen LogP contribution in [0.5, 0.6) is 0 Å². The first kappa shape index (κ1) is 2.66. The number of rotatable bonds is 0. The Labute approximate surface area is 32.2 Å². The van der Waals surface area contributed by atoms with Gasteiger partial charge in [-0.05, 0) is 0 Å². The molecule has 0 aromatic carbocycles. The molecule has 0 saturated heterocycles. The zero-order valence-electron chi connectivity index (χ0n) is 2.99. The minimum absolute atomic E-state index is 1.19. The summed E-state index contributed by atoms with van der Waals surface area (Å²) in [6.45, 7) is 0. The summed E-state index contributed by atoms with van der Waals surface area (Å²) >= 11 is 0. The first-order valence-electron chi connectivity index (χ1n) is 1.75. The van der Waals surface area contributed by atoms with Gasteiger partial charge in [0.1, 0.15) is 18.3 Å². The lowest BCUT2D eigenvalue weighted by Gasteiger charge is -1.43. The molecule has 0 aromatic heterocycles. The summed E-state index contributed by atoms with van der Waals surface area (Å²) in [7, 11) is 0. The van der Waals surface area contributed by atoms with E-state index in [2.05, 4.69) is 5.92 Å². The van der Waals surface area contributed by atoms with Crippen molar-refractivity contribution < 1.29 is 0 Å². The lowest BCUT2D eigenvalue weighted by molar-refractivity contribution is 1.50. The second-order valence-electron chi connectivity index (χ2n) is 1.25. The molecule has 0 amide bonds. The highest BCUT2D eigenvalue weighted by Gasteiger charge is 2.27. The van der Waals surface area contributed by atoms with E-state index in [4.69, 9.17) is 6.42 Å². The summed E-state index contributed by atoms with van der Waals surface area (Å²) < 4.78 is 0. The smallest absolute Gasteiger partial charge is 0.0658 e. The van der Waals surface area contributed by atoms with Crippen molar-refractivity contribution in [1.29, 1.82) is 0 Å². The summed E-state index contributed by atoms with van der Waals surface area (Å²) in [6, 6.07) is 0. The van der Waals surface area contributed by atoms with Crippen molar-refractivity contribution >= 4 is 0 Å². The summed E-state index contributed by atoms with van der Waals surface area (Å²) in [5.41, 5.74) is 0. The van der Waals surface area contributed by atoms with Crippen LogP contribution in [-0.2, 0) is 0 Å². The van der Waals surface area contributed by atoms with Gasteiger partial charge in [-0.2, -0.15) is 0 Å². The Balaban J connectivity index is 2.30. The fourth-order valence-electron chi connectivity index (χ4n) is 0.207. The fourth-order valence-corrected chi connectivity index (χ4v) is 0.207. The molecule has 0 unspecified atom stereocenters. The number of hydrogen-bond donors (Lipinski definition) is 0. The molecule has 0 bridgehead atoms. The van der Waals surface area contributed by atoms with Crippen LogP contribution in [0.25, 0.3) is 0 Å². The van der Waals surface area contributed by atoms with Gasteiger partial charge in [-0.3, -0.25) is 0 Å². The molecule has 0 aliphatic heterocycles. The molecule has 1 aliphatic carbocycles. The molecule has 0 atom stereocenters. The number of hydrogen-bond acceptors (Lipinski definition) is 0. The molecule has 1 rings (SSSR count). The Morgan fingerprint density at radius 3 is 2.20 bits per heavy atom. The predicted molar refractivity (Wildman–Crippen MR) is 21.3 cm³/mol. The fraction of sp³-hybridized carbons (Fsp3) is 0.400. The van der Waals surface area contributed by atoms with Gasteiger partial charge >= 0.3 is 0 Å². The van der Waals surface area contributed by atoms with Crippen molar-refractivity contribution in [3.05, 3.63) is 5.92 Å². The van der Waals surface area contributed by atoms with E-state index >= 15 is 0 Å². The summed E-state index contributed by atoms with van der Waals surface area (Å²) in [5, 5.41) is 0. The molecule has 1 saturated carbocycles. The Morgan fingerprint density at radius 2 is 2.20 bits per heavy atom. The highest BCUT2D eigenvalue weighted by molar-refractivity contribution is 5.26. The van der Waals surface area contributed by atoms with Gasteiger partial charge in [0.15, 0.2) is 0 Å². The van der Waals surface area contributed by atoms with Crippen LogP contribution < -0.4 is 0 Å². The first-order chi connectivity index (χ1) is 2.43. The lowest BCUT2D eigenvalue weighted by atomic mass is 10.5. The Morgan fingerprint density at radius 1 is 1.60 bits per heavy atom. The van der Waals surface area contributed by atoms with Gasteiger partial charge < -0.3 is 0 Å². The van der Waals surface area contributed by atoms with Crippen LogP contribution in [0.4, 0.5) is 0 Å². The van der Waals surface area contributed by atoms with Gasteiger partial charge in [-0.25, -0.2) is 0 Å². The second-order valence-corrected chi connectivity index (χ2v) is 1.25. The van der Waals surface area contributed by atoms with Crippen molar-refractivity contribution in [2.24, 2.45) is 0 Å². The summed E-state index contributed by atoms with van der Waals surface area (Å²) in [6.07, 6.45) is 7.33. The zero-order valence-corrected chi connectivity index (χ0v) is 2.99. The molecule has 0 spiro atoms. The Bertz CT molecular complexity index is 62.6. The molecular weight excluding hydrogens is 60.1 g/mol. The minimum Gasteiger partial charge on any atom is 0.0658 e. The largest absolute Gasteiger partial charge is 0.139 e. The van der Waals surface area contributed by atoms with Gasteiger partial charge in [0.25, 0.3) is 0 Å². The van der Waals surface area contributed by atoms with Crippen molar-refractivity contribution in [1.82, 2.24) is 0 Å². The maximum Gasteiger partial charge on any atom is 0.139 e. The lowest BCUT2D eigenvalue weighted by Crippen LogP contribution is -1.48. The van der Waals surface area contributed by atoms with E-state index in [1.807, 2.05) is 0 Å². The van der Waals surface area contributed by atoms with Crippen LogP contribution >= 0.6 is 0 Å². The van der Waals surface area contributed by atoms with Gasteiger partial charge in [0, 0.05) is 0 Å². The summed E-state index contributed by atoms with van der Waals surface area (Å²) in [4.78, 5) is 0. The Kier molecular flexibility index (Phi) is 0.365. The highest BCUT2D eigenvalue weighted by Crippen LogP contribution is 2.29. The van der Waals surface area contributed by atoms with Gasteiger partial charge in [0.05, 0.1) is 12.8 Å². The quantitative estimate of drug-likeness (QED) is 0.291. The van der Waals surface area contributed by atoms with Crippen LogP contribution in [0.1, 0.15) is 12.8 Å². The maximum absolute atomic E-state index is 4.95. The van der Waals surface area contributed by atoms with E-state index in [0.29, 0.717) is 0 Å². The third-order valence-corrected chi connectivity index (χ3v) is 0.704. The molecule has 0 heteroatoms. The molecule has 24 valence electrons. The van der Waals surface area contributed by atoms with Crippen LogP contribution in [0.3, 0.4) is 0 Å². The van der Waals surface area contributed by atoms with Crippen LogP contribution in [0, 0.1) is 18.3 Å². The van der Waals surface area contributed by atoms with Gasteiger partial charge in [0.2, 0.25) is 0 Å². The first-order valence-corrected chi connectivity index (χ1v) is 1.75. The SMILES string of the molecule is C#C[C+]1CC1. The normalized spacial score (nSPS) is 17.8. The zero-order chi connectivity index (χ0) is 3.70. The molecule has 0 N–H and O–H groups in total. The maximum atomic E-state index is 4.95. The molecule has 0 heterocycles. The molecular formula is C5H5+. The predicted octanol–water partition coefficient (Wildman–Crippen LogP) is 0.988. The van der Waals surface area contributed by atoms with Crippen LogP contribution in [0.15, 0.2) is 0 Å². The monoisotopic (exact) mass is 65.0 g/mol. The van der Waals surface area contributed by atoms with Crippen LogP contribution in [-0.4, -0.2) is 0 Å². The van der Waals surface area contributed by atoms with Gasteiger partial charge in [-0.1, -0.05) is 0 Å². The van der Waals surface area contributed by atoms with E-state index in [-0.39, 0.29) is 0 Å². The second kappa shape index (κ2) is 0.687. The van der Waals surface area contributed by atoms with Crippen molar-refractivity contribution in [2.45, 2.75) is 12.8 Å². The van der Waals surface area contributed by atoms with Crippen molar-refractivity contribution in [2.75, 3.05) is 0 Å². The topological polar surface area (TPSA) is 0 Å². The summed E-state index contributed by atoms with van der Waals surface area (Å²) in [5.74, 6) is 3.84. The molecule has 1 fully saturated rings. The minimum atomic E-state index is 1.19. The van der Waals surface area contributed by atoms with Crippen molar-refractivity contribution in [3.63, 3.8) is 0 Å². The molecule has 5 heavy (non-hydrogen) atoms. The van der Waals surface area contributed by atoms with Gasteiger partial charge in [-0.15, -0.1) is 0 Å².